The first-order valence-electron chi connectivity index (χ1n) is 9.19. The molecule has 8 heteroatoms. The first-order valence-corrected chi connectivity index (χ1v) is 10.8. The van der Waals surface area contributed by atoms with Crippen LogP contribution in [0.1, 0.15) is 11.1 Å². The fraction of sp³-hybridized carbons (Fsp3) is 0.0435. The molecular weight excluding hydrogens is 458 g/mol. The number of hydrogen-bond acceptors (Lipinski definition) is 4. The number of benzene rings is 3. The highest BCUT2D eigenvalue weighted by Gasteiger charge is 2.24. The molecule has 0 saturated carbocycles. The molecule has 1 aliphatic rings. The van der Waals surface area contributed by atoms with Crippen LogP contribution < -0.4 is 10.1 Å². The van der Waals surface area contributed by atoms with Crippen LogP contribution in [0.15, 0.2) is 76.6 Å². The van der Waals surface area contributed by atoms with Crippen molar-refractivity contribution in [2.75, 3.05) is 0 Å². The summed E-state index contributed by atoms with van der Waals surface area (Å²) in [7, 11) is 0. The van der Waals surface area contributed by atoms with Gasteiger partial charge in [-0.15, -0.1) is 0 Å². The number of amidine groups is 1. The Morgan fingerprint density at radius 2 is 1.81 bits per heavy atom. The number of nitrogens with one attached hydrogen (secondary N) is 1. The van der Waals surface area contributed by atoms with Crippen molar-refractivity contribution in [3.05, 3.63) is 98.6 Å². The van der Waals surface area contributed by atoms with Crippen LogP contribution in [-0.2, 0) is 11.4 Å². The Balaban J connectivity index is 1.44. The van der Waals surface area contributed by atoms with Crippen molar-refractivity contribution < 1.29 is 13.9 Å². The minimum atomic E-state index is -0.301. The van der Waals surface area contributed by atoms with E-state index in [-0.39, 0.29) is 18.3 Å². The fourth-order valence-electron chi connectivity index (χ4n) is 2.76. The molecule has 3 aromatic rings. The first-order chi connectivity index (χ1) is 15.0. The van der Waals surface area contributed by atoms with Gasteiger partial charge >= 0.3 is 0 Å². The summed E-state index contributed by atoms with van der Waals surface area (Å²) < 4.78 is 19.3. The second-order valence-electron chi connectivity index (χ2n) is 6.50. The molecule has 156 valence electrons. The number of aliphatic imine (C=N–C) groups is 1. The number of carbonyl (C=O) groups is 1. The normalized spacial score (nSPS) is 16.0. The molecule has 1 N–H and O–H groups in total. The Hall–Kier alpha value is -2.80. The summed E-state index contributed by atoms with van der Waals surface area (Å²) >= 11 is 13.4. The predicted octanol–water partition coefficient (Wildman–Crippen LogP) is 6.60. The van der Waals surface area contributed by atoms with E-state index in [9.17, 15) is 9.18 Å². The quantitative estimate of drug-likeness (QED) is 0.425. The van der Waals surface area contributed by atoms with Crippen molar-refractivity contribution in [2.24, 2.45) is 4.99 Å². The Kier molecular flexibility index (Phi) is 6.61. The summed E-state index contributed by atoms with van der Waals surface area (Å²) in [6.45, 7) is 0.136. The minimum Gasteiger partial charge on any atom is -0.489 e. The van der Waals surface area contributed by atoms with Crippen molar-refractivity contribution in [3.63, 3.8) is 0 Å². The van der Waals surface area contributed by atoms with E-state index in [1.165, 1.54) is 17.8 Å². The highest BCUT2D eigenvalue weighted by molar-refractivity contribution is 8.18. The smallest absolute Gasteiger partial charge is 0.264 e. The largest absolute Gasteiger partial charge is 0.489 e. The van der Waals surface area contributed by atoms with E-state index < -0.39 is 0 Å². The number of carbonyl (C=O) groups excluding carboxylic acids is 1. The topological polar surface area (TPSA) is 50.7 Å². The van der Waals surface area contributed by atoms with Crippen LogP contribution in [0.5, 0.6) is 5.75 Å². The monoisotopic (exact) mass is 472 g/mol. The molecule has 0 aliphatic carbocycles. The van der Waals surface area contributed by atoms with Crippen molar-refractivity contribution in [3.8, 4) is 5.75 Å². The van der Waals surface area contributed by atoms with Gasteiger partial charge < -0.3 is 10.1 Å². The van der Waals surface area contributed by atoms with E-state index in [4.69, 9.17) is 27.9 Å². The summed E-state index contributed by atoms with van der Waals surface area (Å²) in [5, 5.41) is 3.86. The van der Waals surface area contributed by atoms with E-state index in [0.717, 1.165) is 5.56 Å². The third kappa shape index (κ3) is 5.28. The molecule has 0 unspecified atom stereocenters. The molecule has 1 aliphatic heterocycles. The zero-order valence-corrected chi connectivity index (χ0v) is 18.3. The highest BCUT2D eigenvalue weighted by Crippen LogP contribution is 2.34. The number of rotatable bonds is 5. The molecule has 0 atom stereocenters. The van der Waals surface area contributed by atoms with Crippen LogP contribution in [0.3, 0.4) is 0 Å². The molecule has 4 nitrogen and oxygen atoms in total. The zero-order valence-electron chi connectivity index (χ0n) is 15.9. The lowest BCUT2D eigenvalue weighted by atomic mass is 10.2. The maximum absolute atomic E-state index is 13.7. The highest BCUT2D eigenvalue weighted by atomic mass is 35.5. The third-order valence-electron chi connectivity index (χ3n) is 4.33. The van der Waals surface area contributed by atoms with Gasteiger partial charge in [-0.3, -0.25) is 4.79 Å². The lowest BCUT2D eigenvalue weighted by Crippen LogP contribution is -2.19. The second-order valence-corrected chi connectivity index (χ2v) is 8.32. The lowest BCUT2D eigenvalue weighted by Gasteiger charge is -2.07. The SMILES string of the molecule is O=C1NC(=Nc2cccc(Cl)c2Cl)S/C1=C\c1ccc(OCc2ccccc2F)cc1. The van der Waals surface area contributed by atoms with Gasteiger partial charge in [-0.05, 0) is 53.7 Å². The maximum atomic E-state index is 13.7. The summed E-state index contributed by atoms with van der Waals surface area (Å²) in [6.07, 6.45) is 1.75. The van der Waals surface area contributed by atoms with Crippen LogP contribution in [0, 0.1) is 5.82 Å². The number of halogens is 3. The Morgan fingerprint density at radius 3 is 2.58 bits per heavy atom. The van der Waals surface area contributed by atoms with Crippen LogP contribution in [-0.4, -0.2) is 11.1 Å². The van der Waals surface area contributed by atoms with E-state index in [0.29, 0.717) is 37.1 Å². The van der Waals surface area contributed by atoms with Crippen LogP contribution >= 0.6 is 35.0 Å². The van der Waals surface area contributed by atoms with Crippen molar-refractivity contribution in [1.82, 2.24) is 5.32 Å². The van der Waals surface area contributed by atoms with E-state index in [2.05, 4.69) is 10.3 Å². The van der Waals surface area contributed by atoms with Gasteiger partial charge in [-0.25, -0.2) is 9.38 Å². The van der Waals surface area contributed by atoms with Crippen molar-refractivity contribution >= 4 is 57.8 Å². The van der Waals surface area contributed by atoms with E-state index in [1.807, 2.05) is 12.1 Å². The molecule has 31 heavy (non-hydrogen) atoms. The molecule has 0 radical (unpaired) electrons. The Labute approximate surface area is 192 Å². The van der Waals surface area contributed by atoms with Gasteiger partial charge in [0.25, 0.3) is 5.91 Å². The molecule has 3 aromatic carbocycles. The summed E-state index contributed by atoms with van der Waals surface area (Å²) in [6, 6.07) is 18.8. The molecular formula is C23H15Cl2FN2O2S. The molecule has 1 saturated heterocycles. The van der Waals surface area contributed by atoms with Gasteiger partial charge in [0.2, 0.25) is 0 Å². The minimum absolute atomic E-state index is 0.136. The van der Waals surface area contributed by atoms with E-state index >= 15 is 0 Å². The molecule has 0 spiro atoms. The number of ether oxygens (including phenoxy) is 1. The number of nitrogens with zero attached hydrogens (tertiary/aromatic N) is 1. The van der Waals surface area contributed by atoms with Crippen LogP contribution in [0.4, 0.5) is 10.1 Å². The lowest BCUT2D eigenvalue weighted by molar-refractivity contribution is -0.115. The van der Waals surface area contributed by atoms with E-state index in [1.54, 1.807) is 54.6 Å². The molecule has 0 bridgehead atoms. The number of amides is 1. The maximum Gasteiger partial charge on any atom is 0.264 e. The van der Waals surface area contributed by atoms with Crippen molar-refractivity contribution in [2.45, 2.75) is 6.61 Å². The van der Waals surface area contributed by atoms with Crippen LogP contribution in [0.2, 0.25) is 10.0 Å². The number of thioether (sulfide) groups is 1. The summed E-state index contributed by atoms with van der Waals surface area (Å²) in [5.41, 5.74) is 1.78. The molecule has 0 aromatic heterocycles. The van der Waals surface area contributed by atoms with Gasteiger partial charge in [0.1, 0.15) is 18.2 Å². The summed E-state index contributed by atoms with van der Waals surface area (Å²) in [4.78, 5) is 17.2. The molecule has 1 heterocycles. The van der Waals surface area contributed by atoms with Gasteiger partial charge in [0.05, 0.1) is 20.6 Å². The molecule has 4 rings (SSSR count). The summed E-state index contributed by atoms with van der Waals surface area (Å²) in [5.74, 6) is 0.0539. The van der Waals surface area contributed by atoms with Gasteiger partial charge in [-0.1, -0.05) is 59.6 Å². The first kappa shape index (κ1) is 21.4. The number of hydrogen-bond donors (Lipinski definition) is 1. The van der Waals surface area contributed by atoms with Crippen molar-refractivity contribution in [1.29, 1.82) is 0 Å². The zero-order chi connectivity index (χ0) is 21.8. The molecule has 1 amide bonds. The van der Waals surface area contributed by atoms with Gasteiger partial charge in [0, 0.05) is 5.56 Å². The Bertz CT molecular complexity index is 1200. The van der Waals surface area contributed by atoms with Crippen LogP contribution in [0.25, 0.3) is 6.08 Å². The van der Waals surface area contributed by atoms with Gasteiger partial charge in [-0.2, -0.15) is 0 Å². The Morgan fingerprint density at radius 1 is 1.03 bits per heavy atom. The standard InChI is InChI=1S/C23H15Cl2FN2O2S/c24-17-5-3-7-19(21(17)25)27-23-28-22(29)20(31-23)12-14-8-10-16(11-9-14)30-13-15-4-1-2-6-18(15)26/h1-12H,13H2,(H,27,28,29)/b20-12-. The fourth-order valence-corrected chi connectivity index (χ4v) is 3.93. The second kappa shape index (κ2) is 9.56. The predicted molar refractivity (Wildman–Crippen MR) is 124 cm³/mol. The third-order valence-corrected chi connectivity index (χ3v) is 6.05. The van der Waals surface area contributed by atoms with Gasteiger partial charge in [0.15, 0.2) is 5.17 Å². The average molecular weight is 473 g/mol. The molecule has 1 fully saturated rings. The average Bonchev–Trinajstić information content (AvgIpc) is 3.10.